The van der Waals surface area contributed by atoms with E-state index in [-0.39, 0.29) is 17.0 Å². The van der Waals surface area contributed by atoms with E-state index in [0.29, 0.717) is 16.8 Å². The van der Waals surface area contributed by atoms with Crippen LogP contribution in [0.3, 0.4) is 0 Å². The van der Waals surface area contributed by atoms with Gasteiger partial charge in [-0.2, -0.15) is 0 Å². The minimum Gasteiger partial charge on any atom is -0.507 e. The molecule has 1 aliphatic rings. The molecule has 156 valence electrons. The summed E-state index contributed by atoms with van der Waals surface area (Å²) in [4.78, 5) is 31.3. The summed E-state index contributed by atoms with van der Waals surface area (Å²) < 4.78 is 27.4. The van der Waals surface area contributed by atoms with Crippen molar-refractivity contribution in [2.24, 2.45) is 0 Å². The van der Waals surface area contributed by atoms with Crippen molar-refractivity contribution in [2.75, 3.05) is 4.90 Å². The Morgan fingerprint density at radius 2 is 1.77 bits per heavy atom. The second-order valence-corrected chi connectivity index (χ2v) is 7.34. The smallest absolute Gasteiger partial charge is 0.300 e. The normalized spacial score (nSPS) is 17.9. The molecule has 1 amide bonds. The number of aryl methyl sites for hydroxylation is 2. The Morgan fingerprint density at radius 1 is 1.00 bits per heavy atom. The first-order valence-corrected chi connectivity index (χ1v) is 9.54. The van der Waals surface area contributed by atoms with Crippen LogP contribution < -0.4 is 4.90 Å². The molecule has 2 aromatic carbocycles. The Labute approximate surface area is 177 Å². The molecule has 0 aliphatic carbocycles. The first-order chi connectivity index (χ1) is 14.8. The minimum atomic E-state index is -1.16. The van der Waals surface area contributed by atoms with E-state index in [1.54, 1.807) is 37.3 Å². The third-order valence-electron chi connectivity index (χ3n) is 5.24. The Bertz CT molecular complexity index is 1240. The standard InChI is InChI=1S/C24H18F2N2O3/c1-13-6-7-14(2)16(11-13)22(29)20-21(19-5-3-4-10-27-19)28(24(31)23(20)30)15-8-9-17(25)18(26)12-15/h3-12,21,29H,1-2H3/b22-20+. The maximum absolute atomic E-state index is 13.9. The number of carbonyl (C=O) groups excluding carboxylic acids is 2. The molecule has 31 heavy (non-hydrogen) atoms. The van der Waals surface area contributed by atoms with Crippen molar-refractivity contribution < 1.29 is 23.5 Å². The van der Waals surface area contributed by atoms with Gasteiger partial charge in [0, 0.05) is 23.5 Å². The van der Waals surface area contributed by atoms with E-state index in [0.717, 1.165) is 22.6 Å². The second kappa shape index (κ2) is 7.75. The van der Waals surface area contributed by atoms with E-state index in [9.17, 15) is 23.5 Å². The summed E-state index contributed by atoms with van der Waals surface area (Å²) in [5, 5.41) is 11.1. The fraction of sp³-hybridized carbons (Fsp3) is 0.125. The van der Waals surface area contributed by atoms with Gasteiger partial charge >= 0.3 is 0 Å². The quantitative estimate of drug-likeness (QED) is 0.382. The Kier molecular flexibility index (Phi) is 5.10. The lowest BCUT2D eigenvalue weighted by Gasteiger charge is -2.24. The third-order valence-corrected chi connectivity index (χ3v) is 5.24. The van der Waals surface area contributed by atoms with Gasteiger partial charge in [-0.1, -0.05) is 23.8 Å². The van der Waals surface area contributed by atoms with Crippen molar-refractivity contribution in [3.05, 3.63) is 100 Å². The van der Waals surface area contributed by atoms with Crippen molar-refractivity contribution in [3.63, 3.8) is 0 Å². The number of amides is 1. The van der Waals surface area contributed by atoms with Gasteiger partial charge < -0.3 is 5.11 Å². The number of Topliss-reactive ketones (excluding diaryl/α,β-unsaturated/α-hetero) is 1. The molecule has 7 heteroatoms. The molecule has 1 fully saturated rings. The molecule has 1 unspecified atom stereocenters. The topological polar surface area (TPSA) is 70.5 Å². The number of carbonyl (C=O) groups is 2. The highest BCUT2D eigenvalue weighted by atomic mass is 19.2. The number of benzene rings is 2. The van der Waals surface area contributed by atoms with E-state index < -0.39 is 29.4 Å². The lowest BCUT2D eigenvalue weighted by Crippen LogP contribution is -2.30. The first-order valence-electron chi connectivity index (χ1n) is 9.54. The molecule has 0 bridgehead atoms. The summed E-state index contributed by atoms with van der Waals surface area (Å²) in [6, 6.07) is 12.1. The van der Waals surface area contributed by atoms with Crippen LogP contribution in [0.15, 0.2) is 66.4 Å². The second-order valence-electron chi connectivity index (χ2n) is 7.34. The first kappa shape index (κ1) is 20.4. The maximum atomic E-state index is 13.9. The molecule has 0 spiro atoms. The lowest BCUT2D eigenvalue weighted by atomic mass is 9.95. The molecule has 1 aliphatic heterocycles. The van der Waals surface area contributed by atoms with Gasteiger partial charge in [-0.05, 0) is 49.7 Å². The van der Waals surface area contributed by atoms with Gasteiger partial charge in [0.15, 0.2) is 11.6 Å². The van der Waals surface area contributed by atoms with Crippen LogP contribution in [-0.2, 0) is 9.59 Å². The third kappa shape index (κ3) is 3.48. The number of anilines is 1. The Balaban J connectivity index is 1.98. The highest BCUT2D eigenvalue weighted by molar-refractivity contribution is 6.51. The molecular weight excluding hydrogens is 402 g/mol. The number of aliphatic hydroxyl groups excluding tert-OH is 1. The van der Waals surface area contributed by atoms with Gasteiger partial charge in [0.1, 0.15) is 11.8 Å². The zero-order valence-corrected chi connectivity index (χ0v) is 16.8. The van der Waals surface area contributed by atoms with Gasteiger partial charge in [0.05, 0.1) is 11.3 Å². The van der Waals surface area contributed by atoms with Crippen molar-refractivity contribution in [3.8, 4) is 0 Å². The number of pyridine rings is 1. The summed E-state index contributed by atoms with van der Waals surface area (Å²) in [5.74, 6) is -4.48. The highest BCUT2D eigenvalue weighted by Gasteiger charge is 2.47. The number of hydrogen-bond acceptors (Lipinski definition) is 4. The largest absolute Gasteiger partial charge is 0.507 e. The number of nitrogens with zero attached hydrogens (tertiary/aromatic N) is 2. The van der Waals surface area contributed by atoms with Crippen LogP contribution in [0.25, 0.3) is 5.76 Å². The lowest BCUT2D eigenvalue weighted by molar-refractivity contribution is -0.132. The van der Waals surface area contributed by atoms with Gasteiger partial charge in [0.25, 0.3) is 11.7 Å². The van der Waals surface area contributed by atoms with Crippen molar-refractivity contribution >= 4 is 23.1 Å². The molecule has 0 radical (unpaired) electrons. The molecule has 5 nitrogen and oxygen atoms in total. The molecular formula is C24H18F2N2O3. The molecule has 4 rings (SSSR count). The predicted octanol–water partition coefficient (Wildman–Crippen LogP) is 4.60. The molecule has 1 atom stereocenters. The average molecular weight is 420 g/mol. The van der Waals surface area contributed by atoms with E-state index in [1.807, 2.05) is 13.0 Å². The number of rotatable bonds is 3. The molecule has 1 N–H and O–H groups in total. The molecule has 2 heterocycles. The summed E-state index contributed by atoms with van der Waals surface area (Å²) in [6.07, 6.45) is 1.48. The number of aromatic nitrogens is 1. The van der Waals surface area contributed by atoms with E-state index >= 15 is 0 Å². The number of ketones is 1. The number of hydrogen-bond donors (Lipinski definition) is 1. The molecule has 1 aromatic heterocycles. The van der Waals surface area contributed by atoms with Crippen LogP contribution >= 0.6 is 0 Å². The summed E-state index contributed by atoms with van der Waals surface area (Å²) >= 11 is 0. The number of aliphatic hydroxyl groups is 1. The van der Waals surface area contributed by atoms with Gasteiger partial charge in [-0.25, -0.2) is 8.78 Å². The van der Waals surface area contributed by atoms with E-state index in [1.165, 1.54) is 12.3 Å². The number of halogens is 2. The van der Waals surface area contributed by atoms with Gasteiger partial charge in [-0.3, -0.25) is 19.5 Å². The van der Waals surface area contributed by atoms with Crippen LogP contribution in [0, 0.1) is 25.5 Å². The average Bonchev–Trinajstić information content (AvgIpc) is 3.03. The predicted molar refractivity (Wildman–Crippen MR) is 111 cm³/mol. The van der Waals surface area contributed by atoms with E-state index in [4.69, 9.17) is 0 Å². The zero-order valence-electron chi connectivity index (χ0n) is 16.8. The SMILES string of the molecule is Cc1ccc(C)c(/C(O)=C2\C(=O)C(=O)N(c3ccc(F)c(F)c3)C2c2ccccn2)c1. The van der Waals surface area contributed by atoms with Crippen LogP contribution in [0.2, 0.25) is 0 Å². The fourth-order valence-electron chi connectivity index (χ4n) is 3.69. The zero-order chi connectivity index (χ0) is 22.3. The van der Waals surface area contributed by atoms with Crippen LogP contribution in [0.1, 0.15) is 28.4 Å². The van der Waals surface area contributed by atoms with Crippen molar-refractivity contribution in [1.82, 2.24) is 4.98 Å². The highest BCUT2D eigenvalue weighted by Crippen LogP contribution is 2.42. The van der Waals surface area contributed by atoms with Crippen LogP contribution in [0.5, 0.6) is 0 Å². The summed E-state index contributed by atoms with van der Waals surface area (Å²) in [6.45, 7) is 3.61. The molecule has 1 saturated heterocycles. The summed E-state index contributed by atoms with van der Waals surface area (Å²) in [5.41, 5.74) is 2.10. The van der Waals surface area contributed by atoms with E-state index in [2.05, 4.69) is 4.98 Å². The Hall–Kier alpha value is -3.87. The fourth-order valence-corrected chi connectivity index (χ4v) is 3.69. The van der Waals surface area contributed by atoms with Gasteiger partial charge in [0.2, 0.25) is 0 Å². The Morgan fingerprint density at radius 3 is 2.45 bits per heavy atom. The molecule has 3 aromatic rings. The molecule has 0 saturated carbocycles. The van der Waals surface area contributed by atoms with Crippen molar-refractivity contribution in [1.29, 1.82) is 0 Å². The monoisotopic (exact) mass is 420 g/mol. The van der Waals surface area contributed by atoms with Crippen molar-refractivity contribution in [2.45, 2.75) is 19.9 Å². The van der Waals surface area contributed by atoms with Crippen LogP contribution in [-0.4, -0.2) is 21.8 Å². The van der Waals surface area contributed by atoms with Crippen LogP contribution in [0.4, 0.5) is 14.5 Å². The maximum Gasteiger partial charge on any atom is 0.300 e. The summed E-state index contributed by atoms with van der Waals surface area (Å²) in [7, 11) is 0. The van der Waals surface area contributed by atoms with Gasteiger partial charge in [-0.15, -0.1) is 0 Å². The minimum absolute atomic E-state index is 0.0170.